The summed E-state index contributed by atoms with van der Waals surface area (Å²) in [6.07, 6.45) is 2.33. The van der Waals surface area contributed by atoms with Gasteiger partial charge in [-0.05, 0) is 44.0 Å². The molecule has 0 fully saturated rings. The molecular weight excluding hydrogens is 374 g/mol. The minimum absolute atomic E-state index is 0.654. The van der Waals surface area contributed by atoms with Crippen LogP contribution in [0.4, 0.5) is 11.6 Å². The largest absolute Gasteiger partial charge is 0.323 e. The smallest absolute Gasteiger partial charge is 0.159 e. The van der Waals surface area contributed by atoms with Gasteiger partial charge in [-0.15, -0.1) is 0 Å². The molecule has 0 aliphatic rings. The third kappa shape index (κ3) is 3.48. The highest BCUT2D eigenvalue weighted by Gasteiger charge is 2.15. The quantitative estimate of drug-likeness (QED) is 0.516. The van der Waals surface area contributed by atoms with E-state index >= 15 is 0 Å². The molecule has 3 heterocycles. The van der Waals surface area contributed by atoms with Gasteiger partial charge in [0.05, 0.1) is 11.4 Å². The molecule has 0 atom stereocenters. The average Bonchev–Trinajstić information content (AvgIpc) is 3.24. The van der Waals surface area contributed by atoms with Crippen molar-refractivity contribution in [2.75, 3.05) is 5.32 Å². The molecule has 0 aliphatic carbocycles. The summed E-state index contributed by atoms with van der Waals surface area (Å²) in [5.41, 5.74) is 5.04. The second kappa shape index (κ2) is 7.44. The Morgan fingerprint density at radius 2 is 1.89 bits per heavy atom. The molecule has 1 aromatic carbocycles. The number of nitrogens with one attached hydrogen (secondary N) is 2. The number of aromatic amines is 1. The van der Waals surface area contributed by atoms with E-state index in [1.807, 2.05) is 50.2 Å². The van der Waals surface area contributed by atoms with Crippen LogP contribution in [0.2, 0.25) is 5.02 Å². The van der Waals surface area contributed by atoms with Crippen LogP contribution in [0.5, 0.6) is 0 Å². The number of nitrogens with zero attached hydrogens (tertiary/aromatic N) is 5. The van der Waals surface area contributed by atoms with Crippen LogP contribution in [0.25, 0.3) is 17.1 Å². The number of hydrogen-bond donors (Lipinski definition) is 2. The fraction of sp³-hybridized carbons (Fsp3) is 0.200. The third-order valence-corrected chi connectivity index (χ3v) is 4.73. The summed E-state index contributed by atoms with van der Waals surface area (Å²) in [5, 5.41) is 16.1. The van der Waals surface area contributed by atoms with Gasteiger partial charge in [-0.25, -0.2) is 14.6 Å². The van der Waals surface area contributed by atoms with Crippen LogP contribution in [0.3, 0.4) is 0 Å². The number of H-pyrrole nitrogens is 1. The predicted octanol–water partition coefficient (Wildman–Crippen LogP) is 4.63. The highest BCUT2D eigenvalue weighted by molar-refractivity contribution is 6.30. The van der Waals surface area contributed by atoms with Crippen LogP contribution in [0.1, 0.15) is 23.9 Å². The third-order valence-electron chi connectivity index (χ3n) is 4.48. The molecule has 0 bridgehead atoms. The van der Waals surface area contributed by atoms with E-state index in [1.54, 1.807) is 4.68 Å². The van der Waals surface area contributed by atoms with Crippen LogP contribution in [0, 0.1) is 13.8 Å². The minimum Gasteiger partial charge on any atom is -0.323 e. The van der Waals surface area contributed by atoms with Crippen molar-refractivity contribution in [1.82, 2.24) is 29.9 Å². The van der Waals surface area contributed by atoms with Gasteiger partial charge in [0.1, 0.15) is 12.1 Å². The average molecular weight is 394 g/mol. The van der Waals surface area contributed by atoms with Gasteiger partial charge in [0.2, 0.25) is 0 Å². The van der Waals surface area contributed by atoms with Gasteiger partial charge < -0.3 is 5.32 Å². The van der Waals surface area contributed by atoms with E-state index in [-0.39, 0.29) is 0 Å². The van der Waals surface area contributed by atoms with E-state index < -0.39 is 0 Å². The summed E-state index contributed by atoms with van der Waals surface area (Å²) in [6, 6.07) is 11.6. The van der Waals surface area contributed by atoms with Gasteiger partial charge in [0.15, 0.2) is 11.6 Å². The molecule has 0 saturated carbocycles. The maximum absolute atomic E-state index is 6.00. The molecule has 4 aromatic rings. The van der Waals surface area contributed by atoms with E-state index in [9.17, 15) is 0 Å². The lowest BCUT2D eigenvalue weighted by molar-refractivity contribution is 0.801. The van der Waals surface area contributed by atoms with Crippen molar-refractivity contribution >= 4 is 23.2 Å². The first-order valence-electron chi connectivity index (χ1n) is 9.01. The summed E-state index contributed by atoms with van der Waals surface area (Å²) in [7, 11) is 0. The molecule has 0 radical (unpaired) electrons. The van der Waals surface area contributed by atoms with Crippen molar-refractivity contribution in [1.29, 1.82) is 0 Å². The maximum Gasteiger partial charge on any atom is 0.159 e. The molecule has 8 heteroatoms. The van der Waals surface area contributed by atoms with Gasteiger partial charge in [0, 0.05) is 22.3 Å². The van der Waals surface area contributed by atoms with Crippen LogP contribution in [0.15, 0.2) is 42.7 Å². The molecule has 0 aliphatic heterocycles. The van der Waals surface area contributed by atoms with E-state index in [2.05, 4.69) is 37.5 Å². The normalized spacial score (nSPS) is 11.0. The highest BCUT2D eigenvalue weighted by Crippen LogP contribution is 2.29. The van der Waals surface area contributed by atoms with Gasteiger partial charge in [-0.1, -0.05) is 30.7 Å². The molecule has 0 spiro atoms. The fourth-order valence-electron chi connectivity index (χ4n) is 3.18. The number of benzene rings is 1. The number of anilines is 2. The zero-order valence-corrected chi connectivity index (χ0v) is 16.6. The zero-order valence-electron chi connectivity index (χ0n) is 15.9. The topological polar surface area (TPSA) is 84.3 Å². The summed E-state index contributed by atoms with van der Waals surface area (Å²) in [6.45, 7) is 6.05. The summed E-state index contributed by atoms with van der Waals surface area (Å²) < 4.78 is 1.80. The Labute approximate surface area is 167 Å². The van der Waals surface area contributed by atoms with Crippen molar-refractivity contribution in [2.24, 2.45) is 0 Å². The van der Waals surface area contributed by atoms with E-state index in [0.29, 0.717) is 16.7 Å². The summed E-state index contributed by atoms with van der Waals surface area (Å²) in [4.78, 5) is 8.67. The minimum atomic E-state index is 0.654. The van der Waals surface area contributed by atoms with E-state index in [0.717, 1.165) is 40.4 Å². The van der Waals surface area contributed by atoms with Crippen LogP contribution >= 0.6 is 11.6 Å². The van der Waals surface area contributed by atoms with Crippen molar-refractivity contribution in [2.45, 2.75) is 27.2 Å². The Bertz CT molecular complexity index is 1110. The monoisotopic (exact) mass is 393 g/mol. The predicted molar refractivity (Wildman–Crippen MR) is 110 cm³/mol. The van der Waals surface area contributed by atoms with E-state index in [4.69, 9.17) is 11.6 Å². The second-order valence-electron chi connectivity index (χ2n) is 6.51. The highest BCUT2D eigenvalue weighted by atomic mass is 35.5. The molecule has 28 heavy (non-hydrogen) atoms. The van der Waals surface area contributed by atoms with Crippen LogP contribution < -0.4 is 5.32 Å². The van der Waals surface area contributed by atoms with Crippen molar-refractivity contribution in [3.05, 3.63) is 64.7 Å². The number of aromatic nitrogens is 6. The Kier molecular flexibility index (Phi) is 4.83. The molecule has 142 valence electrons. The number of aryl methyl sites for hydroxylation is 2. The number of rotatable bonds is 5. The molecule has 7 nitrogen and oxygen atoms in total. The first kappa shape index (κ1) is 18.2. The molecule has 3 aromatic heterocycles. The first-order chi connectivity index (χ1) is 13.5. The van der Waals surface area contributed by atoms with Crippen molar-refractivity contribution in [3.8, 4) is 17.1 Å². The van der Waals surface area contributed by atoms with Gasteiger partial charge in [-0.3, -0.25) is 5.10 Å². The molecular formula is C20H20ClN7. The molecule has 0 saturated heterocycles. The van der Waals surface area contributed by atoms with Crippen LogP contribution in [-0.4, -0.2) is 29.9 Å². The molecule has 2 N–H and O–H groups in total. The lowest BCUT2D eigenvalue weighted by atomic mass is 10.1. The Morgan fingerprint density at radius 3 is 2.57 bits per heavy atom. The SMILES string of the molecule is CCc1c(Nc2cc(-n3nc(C)cc3C)ncn2)n[nH]c1-c1ccc(Cl)cc1. The molecule has 4 rings (SSSR count). The summed E-state index contributed by atoms with van der Waals surface area (Å²) in [5.74, 6) is 2.10. The molecule has 0 unspecified atom stereocenters. The second-order valence-corrected chi connectivity index (χ2v) is 6.95. The first-order valence-corrected chi connectivity index (χ1v) is 9.39. The number of halogens is 1. The van der Waals surface area contributed by atoms with Gasteiger partial charge in [-0.2, -0.15) is 10.2 Å². The van der Waals surface area contributed by atoms with Crippen molar-refractivity contribution in [3.63, 3.8) is 0 Å². The Balaban J connectivity index is 1.66. The fourth-order valence-corrected chi connectivity index (χ4v) is 3.31. The molecule has 0 amide bonds. The van der Waals surface area contributed by atoms with Gasteiger partial charge in [0.25, 0.3) is 0 Å². The standard InChI is InChI=1S/C20H20ClN7/c1-4-16-19(14-5-7-15(21)8-6-14)25-26-20(16)24-17-10-18(23-11-22-17)28-13(3)9-12(2)27-28/h5-11H,4H2,1-3H3,(H2,22,23,24,25,26). The Morgan fingerprint density at radius 1 is 1.11 bits per heavy atom. The van der Waals surface area contributed by atoms with Crippen LogP contribution in [-0.2, 0) is 6.42 Å². The Hall–Kier alpha value is -3.19. The zero-order chi connectivity index (χ0) is 19.7. The van der Waals surface area contributed by atoms with Gasteiger partial charge >= 0.3 is 0 Å². The lowest BCUT2D eigenvalue weighted by Crippen LogP contribution is -2.04. The van der Waals surface area contributed by atoms with Crippen molar-refractivity contribution < 1.29 is 0 Å². The number of hydrogen-bond acceptors (Lipinski definition) is 5. The lowest BCUT2D eigenvalue weighted by Gasteiger charge is -2.08. The van der Waals surface area contributed by atoms with E-state index in [1.165, 1.54) is 6.33 Å². The maximum atomic E-state index is 6.00. The summed E-state index contributed by atoms with van der Waals surface area (Å²) >= 11 is 6.00.